The molecule has 4 heteroatoms. The van der Waals surface area contributed by atoms with Crippen molar-refractivity contribution in [1.29, 1.82) is 0 Å². The van der Waals surface area contributed by atoms with Crippen LogP contribution in [-0.4, -0.2) is 11.9 Å². The van der Waals surface area contributed by atoms with Gasteiger partial charge in [0.05, 0.1) is 0 Å². The van der Waals surface area contributed by atoms with Crippen LogP contribution in [0.3, 0.4) is 0 Å². The van der Waals surface area contributed by atoms with Crippen LogP contribution in [0, 0.1) is 0 Å². The van der Waals surface area contributed by atoms with Crippen LogP contribution in [-0.2, 0) is 16.0 Å². The predicted molar refractivity (Wildman–Crippen MR) is 169 cm³/mol. The Morgan fingerprint density at radius 2 is 0.900 bits per heavy atom. The maximum atomic E-state index is 12.8. The average Bonchev–Trinajstić information content (AvgIpc) is 2.95. The van der Waals surface area contributed by atoms with Crippen molar-refractivity contribution in [3.05, 3.63) is 23.8 Å². The lowest BCUT2D eigenvalue weighted by atomic mass is 10.0. The Morgan fingerprint density at radius 3 is 1.38 bits per heavy atom. The van der Waals surface area contributed by atoms with Crippen molar-refractivity contribution < 1.29 is 19.1 Å². The molecule has 0 amide bonds. The van der Waals surface area contributed by atoms with Gasteiger partial charge in [0.1, 0.15) is 0 Å². The van der Waals surface area contributed by atoms with E-state index < -0.39 is 0 Å². The minimum atomic E-state index is -0.234. The van der Waals surface area contributed by atoms with Gasteiger partial charge in [0.2, 0.25) is 0 Å². The molecule has 0 aliphatic carbocycles. The van der Waals surface area contributed by atoms with Crippen molar-refractivity contribution in [2.75, 3.05) is 0 Å². The van der Waals surface area contributed by atoms with Gasteiger partial charge >= 0.3 is 11.9 Å². The van der Waals surface area contributed by atoms with Crippen LogP contribution in [0.25, 0.3) is 0 Å². The van der Waals surface area contributed by atoms with E-state index in [1.54, 1.807) is 6.07 Å². The van der Waals surface area contributed by atoms with Gasteiger partial charge in [-0.25, -0.2) is 0 Å². The number of ether oxygens (including phenoxy) is 2. The number of hydrogen-bond donors (Lipinski definition) is 0. The Morgan fingerprint density at radius 1 is 0.500 bits per heavy atom. The lowest BCUT2D eigenvalue weighted by Crippen LogP contribution is -2.13. The Labute approximate surface area is 247 Å². The summed E-state index contributed by atoms with van der Waals surface area (Å²) in [4.78, 5) is 25.5. The topological polar surface area (TPSA) is 52.6 Å². The molecule has 0 fully saturated rings. The molecule has 0 bridgehead atoms. The van der Waals surface area contributed by atoms with Gasteiger partial charge in [-0.05, 0) is 37.3 Å². The minimum Gasteiger partial charge on any atom is -0.423 e. The van der Waals surface area contributed by atoms with Gasteiger partial charge in [-0.2, -0.15) is 0 Å². The van der Waals surface area contributed by atoms with E-state index >= 15 is 0 Å². The summed E-state index contributed by atoms with van der Waals surface area (Å²) in [5.74, 6) is 0.410. The van der Waals surface area contributed by atoms with E-state index in [9.17, 15) is 9.59 Å². The molecule has 230 valence electrons. The number of aryl methyl sites for hydroxylation is 1. The van der Waals surface area contributed by atoms with Crippen molar-refractivity contribution in [3.8, 4) is 11.5 Å². The molecule has 0 saturated heterocycles. The zero-order valence-corrected chi connectivity index (χ0v) is 26.5. The van der Waals surface area contributed by atoms with E-state index in [0.29, 0.717) is 24.3 Å². The monoisotopic (exact) mass is 558 g/mol. The highest BCUT2D eigenvalue weighted by Crippen LogP contribution is 2.34. The van der Waals surface area contributed by atoms with Gasteiger partial charge in [-0.1, -0.05) is 155 Å². The van der Waals surface area contributed by atoms with Crippen molar-refractivity contribution in [3.63, 3.8) is 0 Å². The van der Waals surface area contributed by atoms with Gasteiger partial charge in [0, 0.05) is 12.8 Å². The summed E-state index contributed by atoms with van der Waals surface area (Å²) in [7, 11) is 0. The zero-order valence-electron chi connectivity index (χ0n) is 26.5. The smallest absolute Gasteiger partial charge is 0.311 e. The largest absolute Gasteiger partial charge is 0.423 e. The minimum absolute atomic E-state index is 0.221. The van der Waals surface area contributed by atoms with Crippen molar-refractivity contribution >= 4 is 11.9 Å². The molecule has 40 heavy (non-hydrogen) atoms. The molecule has 0 atom stereocenters. The highest BCUT2D eigenvalue weighted by atomic mass is 16.6. The third-order valence-corrected chi connectivity index (χ3v) is 7.77. The molecule has 1 aromatic rings. The molecule has 0 radical (unpaired) electrons. The molecule has 0 aliphatic heterocycles. The van der Waals surface area contributed by atoms with E-state index in [1.165, 1.54) is 109 Å². The Hall–Kier alpha value is -1.84. The molecule has 0 aliphatic rings. The first-order chi connectivity index (χ1) is 19.6. The second-order valence-electron chi connectivity index (χ2n) is 11.7. The molecule has 0 aromatic heterocycles. The van der Waals surface area contributed by atoms with Crippen LogP contribution in [0.4, 0.5) is 0 Å². The molecule has 1 aromatic carbocycles. The molecule has 0 spiro atoms. The summed E-state index contributed by atoms with van der Waals surface area (Å²) in [5.41, 5.74) is 0.972. The standard InChI is InChI=1S/C36H62O4/c1-4-7-10-13-16-19-20-23-27-32-28-26-29-33(39-34(37)30-24-21-17-14-11-8-5-2)36(32)40-35(38)31-25-22-18-15-12-9-6-3/h26,28-29H,4-25,27,30-31H2,1-3H3. The first kappa shape index (κ1) is 36.2. The molecule has 0 heterocycles. The van der Waals surface area contributed by atoms with Crippen LogP contribution < -0.4 is 9.47 Å². The molecule has 0 saturated carbocycles. The number of unbranched alkanes of at least 4 members (excludes halogenated alkanes) is 19. The van der Waals surface area contributed by atoms with E-state index in [-0.39, 0.29) is 11.9 Å². The number of para-hydroxylation sites is 1. The fourth-order valence-electron chi connectivity index (χ4n) is 5.20. The second-order valence-corrected chi connectivity index (χ2v) is 11.7. The maximum Gasteiger partial charge on any atom is 0.311 e. The number of hydrogen-bond acceptors (Lipinski definition) is 4. The van der Waals surface area contributed by atoms with Crippen molar-refractivity contribution in [1.82, 2.24) is 0 Å². The third-order valence-electron chi connectivity index (χ3n) is 7.77. The summed E-state index contributed by atoms with van der Waals surface area (Å²) in [6.45, 7) is 6.70. The predicted octanol–water partition coefficient (Wildman–Crippen LogP) is 11.5. The van der Waals surface area contributed by atoms with Crippen LogP contribution in [0.5, 0.6) is 11.5 Å². The maximum absolute atomic E-state index is 12.8. The second kappa shape index (κ2) is 26.1. The van der Waals surface area contributed by atoms with E-state index in [1.807, 2.05) is 12.1 Å². The van der Waals surface area contributed by atoms with Gasteiger partial charge in [0.25, 0.3) is 0 Å². The number of carbonyl (C=O) groups is 2. The normalized spacial score (nSPS) is 11.1. The lowest BCUT2D eigenvalue weighted by Gasteiger charge is -2.15. The highest BCUT2D eigenvalue weighted by molar-refractivity contribution is 5.76. The van der Waals surface area contributed by atoms with Gasteiger partial charge in [0.15, 0.2) is 11.5 Å². The zero-order chi connectivity index (χ0) is 29.1. The summed E-state index contributed by atoms with van der Waals surface area (Å²) in [5, 5.41) is 0. The van der Waals surface area contributed by atoms with Gasteiger partial charge < -0.3 is 9.47 Å². The van der Waals surface area contributed by atoms with Crippen LogP contribution in [0.15, 0.2) is 18.2 Å². The SMILES string of the molecule is CCCCCCCCCCc1cccc(OC(=O)CCCCCCCCC)c1OC(=O)CCCCCCCCC. The van der Waals surface area contributed by atoms with E-state index in [2.05, 4.69) is 20.8 Å². The Bertz CT molecular complexity index is 757. The average molecular weight is 559 g/mol. The highest BCUT2D eigenvalue weighted by Gasteiger charge is 2.18. The molecule has 0 unspecified atom stereocenters. The third kappa shape index (κ3) is 19.3. The van der Waals surface area contributed by atoms with Crippen LogP contribution in [0.2, 0.25) is 0 Å². The summed E-state index contributed by atoms with van der Waals surface area (Å²) >= 11 is 0. The first-order valence-corrected chi connectivity index (χ1v) is 17.2. The van der Waals surface area contributed by atoms with Crippen molar-refractivity contribution in [2.24, 2.45) is 0 Å². The lowest BCUT2D eigenvalue weighted by molar-refractivity contribution is -0.137. The van der Waals surface area contributed by atoms with E-state index in [4.69, 9.17) is 9.47 Å². The number of carbonyl (C=O) groups excluding carboxylic acids is 2. The number of benzene rings is 1. The first-order valence-electron chi connectivity index (χ1n) is 17.2. The van der Waals surface area contributed by atoms with Crippen LogP contribution >= 0.6 is 0 Å². The van der Waals surface area contributed by atoms with Gasteiger partial charge in [-0.3, -0.25) is 9.59 Å². The quantitative estimate of drug-likeness (QED) is 0.0612. The fraction of sp³-hybridized carbons (Fsp3) is 0.778. The fourth-order valence-corrected chi connectivity index (χ4v) is 5.20. The van der Waals surface area contributed by atoms with Crippen molar-refractivity contribution in [2.45, 2.75) is 181 Å². The molecular formula is C36H62O4. The molecule has 1 rings (SSSR count). The Balaban J connectivity index is 2.64. The number of rotatable bonds is 27. The van der Waals surface area contributed by atoms with Crippen LogP contribution in [0.1, 0.15) is 180 Å². The Kier molecular flexibility index (Phi) is 23.6. The number of esters is 2. The molecular weight excluding hydrogens is 496 g/mol. The summed E-state index contributed by atoms with van der Waals surface area (Å²) < 4.78 is 11.7. The summed E-state index contributed by atoms with van der Waals surface area (Å²) in [6, 6.07) is 5.71. The molecule has 4 nitrogen and oxygen atoms in total. The molecule has 0 N–H and O–H groups in total. The van der Waals surface area contributed by atoms with Gasteiger partial charge in [-0.15, -0.1) is 0 Å². The summed E-state index contributed by atoms with van der Waals surface area (Å²) in [6.07, 6.45) is 27.9. The van der Waals surface area contributed by atoms with E-state index in [0.717, 1.165) is 44.1 Å².